The molecular weight excluding hydrogens is 329 g/mol. The van der Waals surface area contributed by atoms with Gasteiger partial charge in [-0.15, -0.1) is 0 Å². The monoisotopic (exact) mass is 350 g/mol. The summed E-state index contributed by atoms with van der Waals surface area (Å²) >= 11 is 0. The van der Waals surface area contributed by atoms with E-state index in [1.165, 1.54) is 19.3 Å². The highest BCUT2D eigenvalue weighted by atomic mass is 32.2. The molecule has 0 unspecified atom stereocenters. The van der Waals surface area contributed by atoms with Crippen LogP contribution in [-0.2, 0) is 10.0 Å². The van der Waals surface area contributed by atoms with Crippen molar-refractivity contribution in [3.63, 3.8) is 0 Å². The first-order valence-corrected chi connectivity index (χ1v) is 9.14. The zero-order valence-electron chi connectivity index (χ0n) is 13.0. The highest BCUT2D eigenvalue weighted by Gasteiger charge is 2.24. The lowest BCUT2D eigenvalue weighted by Gasteiger charge is -2.31. The number of nitrogens with zero attached hydrogens (tertiary/aromatic N) is 1. The summed E-state index contributed by atoms with van der Waals surface area (Å²) in [7, 11) is -2.30. The lowest BCUT2D eigenvalue weighted by Crippen LogP contribution is -2.39. The number of rotatable bonds is 6. The molecule has 2 rings (SSSR count). The molecule has 1 saturated carbocycles. The largest absolute Gasteiger partial charge is 0.302 e. The number of benzene rings is 1. The van der Waals surface area contributed by atoms with Gasteiger partial charge in [-0.2, -0.15) is 0 Å². The molecule has 8 heteroatoms. The fraction of sp³-hybridized carbons (Fsp3) is 0.600. The molecule has 0 saturated heterocycles. The lowest BCUT2D eigenvalue weighted by molar-refractivity contribution is 0.195. The summed E-state index contributed by atoms with van der Waals surface area (Å²) in [5.41, 5.74) is 0. The van der Waals surface area contributed by atoms with E-state index >= 15 is 0 Å². The van der Waals surface area contributed by atoms with Crippen molar-refractivity contribution in [2.45, 2.75) is 43.0 Å². The second kappa shape index (κ2) is 7.63. The van der Waals surface area contributed by atoms with Gasteiger partial charge in [0.15, 0.2) is 17.5 Å². The number of likely N-dealkylation sites (N-methyl/N-ethyl adjacent to an activating group) is 1. The Bertz CT molecular complexity index is 646. The molecule has 23 heavy (non-hydrogen) atoms. The molecule has 0 aliphatic heterocycles. The van der Waals surface area contributed by atoms with Crippen molar-refractivity contribution in [3.05, 3.63) is 29.6 Å². The van der Waals surface area contributed by atoms with Crippen LogP contribution in [0.25, 0.3) is 0 Å². The third kappa shape index (κ3) is 4.45. The molecule has 1 aromatic carbocycles. The second-order valence-corrected chi connectivity index (χ2v) is 7.58. The number of halogens is 3. The van der Waals surface area contributed by atoms with E-state index in [0.717, 1.165) is 18.9 Å². The van der Waals surface area contributed by atoms with Gasteiger partial charge in [-0.25, -0.2) is 26.3 Å². The fourth-order valence-corrected chi connectivity index (χ4v) is 3.94. The molecule has 0 bridgehead atoms. The van der Waals surface area contributed by atoms with Crippen LogP contribution in [0.15, 0.2) is 17.0 Å². The van der Waals surface area contributed by atoms with Crippen LogP contribution in [0.1, 0.15) is 32.1 Å². The number of hydrogen-bond donors (Lipinski definition) is 1. The Hall–Kier alpha value is -1.12. The number of sulfonamides is 1. The number of nitrogens with one attached hydrogen (secondary N) is 1. The molecule has 0 radical (unpaired) electrons. The molecule has 1 fully saturated rings. The van der Waals surface area contributed by atoms with Gasteiger partial charge in [0, 0.05) is 19.1 Å². The Morgan fingerprint density at radius 1 is 1.13 bits per heavy atom. The molecular formula is C15H21F3N2O2S. The summed E-state index contributed by atoms with van der Waals surface area (Å²) in [5.74, 6) is -4.90. The Labute approximate surface area is 134 Å². The van der Waals surface area contributed by atoms with Crippen molar-refractivity contribution < 1.29 is 21.6 Å². The SMILES string of the molecule is CN(CCNS(=O)(=O)c1ccc(F)c(F)c1F)C1CCCCC1. The summed E-state index contributed by atoms with van der Waals surface area (Å²) in [5, 5.41) is 0. The third-order valence-corrected chi connectivity index (χ3v) is 5.72. The van der Waals surface area contributed by atoms with Crippen molar-refractivity contribution in [1.29, 1.82) is 0 Å². The van der Waals surface area contributed by atoms with E-state index in [9.17, 15) is 21.6 Å². The average Bonchev–Trinajstić information content (AvgIpc) is 2.53. The first kappa shape index (κ1) is 18.2. The van der Waals surface area contributed by atoms with E-state index in [1.807, 2.05) is 7.05 Å². The first-order chi connectivity index (χ1) is 10.8. The molecule has 1 aliphatic carbocycles. The lowest BCUT2D eigenvalue weighted by atomic mass is 9.94. The molecule has 0 amide bonds. The Kier molecular flexibility index (Phi) is 6.05. The smallest absolute Gasteiger partial charge is 0.243 e. The van der Waals surface area contributed by atoms with Gasteiger partial charge in [0.1, 0.15) is 4.90 Å². The topological polar surface area (TPSA) is 49.4 Å². The van der Waals surface area contributed by atoms with Gasteiger partial charge >= 0.3 is 0 Å². The molecule has 1 N–H and O–H groups in total. The summed E-state index contributed by atoms with van der Waals surface area (Å²) in [6.45, 7) is 0.545. The maximum absolute atomic E-state index is 13.6. The Morgan fingerprint density at radius 2 is 1.78 bits per heavy atom. The third-order valence-electron chi connectivity index (χ3n) is 4.24. The molecule has 1 aromatic rings. The zero-order valence-corrected chi connectivity index (χ0v) is 13.8. The standard InChI is InChI=1S/C15H21F3N2O2S/c1-20(11-5-3-2-4-6-11)10-9-19-23(21,22)13-8-7-12(16)14(17)15(13)18/h7-8,11,19H,2-6,9-10H2,1H3. The predicted molar refractivity (Wildman–Crippen MR) is 81.0 cm³/mol. The van der Waals surface area contributed by atoms with Crippen LogP contribution < -0.4 is 4.72 Å². The second-order valence-electron chi connectivity index (χ2n) is 5.84. The van der Waals surface area contributed by atoms with Gasteiger partial charge in [0.2, 0.25) is 10.0 Å². The molecule has 0 heterocycles. The van der Waals surface area contributed by atoms with Crippen molar-refractivity contribution in [2.75, 3.05) is 20.1 Å². The summed E-state index contributed by atoms with van der Waals surface area (Å²) < 4.78 is 65.9. The predicted octanol–water partition coefficient (Wildman–Crippen LogP) is 2.65. The summed E-state index contributed by atoms with van der Waals surface area (Å²) in [4.78, 5) is 1.19. The Balaban J connectivity index is 1.95. The van der Waals surface area contributed by atoms with E-state index in [1.54, 1.807) is 0 Å². The van der Waals surface area contributed by atoms with Crippen LogP contribution in [0.4, 0.5) is 13.2 Å². The fourth-order valence-electron chi connectivity index (χ4n) is 2.85. The van der Waals surface area contributed by atoms with E-state index < -0.39 is 32.4 Å². The van der Waals surface area contributed by atoms with Crippen molar-refractivity contribution >= 4 is 10.0 Å². The minimum Gasteiger partial charge on any atom is -0.302 e. The first-order valence-electron chi connectivity index (χ1n) is 7.66. The van der Waals surface area contributed by atoms with Crippen LogP contribution in [0, 0.1) is 17.5 Å². The summed E-state index contributed by atoms with van der Waals surface area (Å²) in [6.07, 6.45) is 5.73. The van der Waals surface area contributed by atoms with Gasteiger partial charge < -0.3 is 4.90 Å². The van der Waals surface area contributed by atoms with Crippen LogP contribution in [0.5, 0.6) is 0 Å². The van der Waals surface area contributed by atoms with E-state index in [-0.39, 0.29) is 6.54 Å². The molecule has 0 atom stereocenters. The maximum Gasteiger partial charge on any atom is 0.243 e. The highest BCUT2D eigenvalue weighted by Crippen LogP contribution is 2.22. The van der Waals surface area contributed by atoms with Gasteiger partial charge in [0.25, 0.3) is 0 Å². The maximum atomic E-state index is 13.6. The normalized spacial score (nSPS) is 16.9. The van der Waals surface area contributed by atoms with Gasteiger partial charge in [-0.1, -0.05) is 19.3 Å². The zero-order chi connectivity index (χ0) is 17.0. The van der Waals surface area contributed by atoms with Gasteiger partial charge in [-0.05, 0) is 32.0 Å². The Morgan fingerprint density at radius 3 is 2.43 bits per heavy atom. The van der Waals surface area contributed by atoms with Crippen molar-refractivity contribution in [2.24, 2.45) is 0 Å². The van der Waals surface area contributed by atoms with Crippen LogP contribution >= 0.6 is 0 Å². The molecule has 0 spiro atoms. The van der Waals surface area contributed by atoms with Gasteiger partial charge in [-0.3, -0.25) is 0 Å². The molecule has 4 nitrogen and oxygen atoms in total. The number of hydrogen-bond acceptors (Lipinski definition) is 3. The highest BCUT2D eigenvalue weighted by molar-refractivity contribution is 7.89. The van der Waals surface area contributed by atoms with Crippen LogP contribution in [0.2, 0.25) is 0 Å². The van der Waals surface area contributed by atoms with E-state index in [2.05, 4.69) is 9.62 Å². The van der Waals surface area contributed by atoms with Crippen molar-refractivity contribution in [3.8, 4) is 0 Å². The van der Waals surface area contributed by atoms with Crippen LogP contribution in [0.3, 0.4) is 0 Å². The minimum absolute atomic E-state index is 0.0772. The average molecular weight is 350 g/mol. The van der Waals surface area contributed by atoms with Crippen LogP contribution in [-0.4, -0.2) is 39.5 Å². The summed E-state index contributed by atoms with van der Waals surface area (Å²) in [6, 6.07) is 1.75. The molecule has 0 aromatic heterocycles. The van der Waals surface area contributed by atoms with Crippen molar-refractivity contribution in [1.82, 2.24) is 9.62 Å². The molecule has 130 valence electrons. The molecule has 1 aliphatic rings. The quantitative estimate of drug-likeness (QED) is 0.803. The van der Waals surface area contributed by atoms with E-state index in [4.69, 9.17) is 0 Å². The minimum atomic E-state index is -4.21. The van der Waals surface area contributed by atoms with Gasteiger partial charge in [0.05, 0.1) is 0 Å². The van der Waals surface area contributed by atoms with E-state index in [0.29, 0.717) is 18.7 Å².